The van der Waals surface area contributed by atoms with E-state index in [0.29, 0.717) is 31.6 Å². The van der Waals surface area contributed by atoms with Crippen molar-refractivity contribution in [3.63, 3.8) is 0 Å². The van der Waals surface area contributed by atoms with E-state index >= 15 is 0 Å². The molecular weight excluding hydrogens is 258 g/mol. The van der Waals surface area contributed by atoms with Crippen LogP contribution in [0.5, 0.6) is 0 Å². The van der Waals surface area contributed by atoms with Crippen molar-refractivity contribution in [1.29, 1.82) is 5.26 Å². The molecule has 7 nitrogen and oxygen atoms in total. The average molecular weight is 273 g/mol. The summed E-state index contributed by atoms with van der Waals surface area (Å²) >= 11 is 0. The Labute approximate surface area is 116 Å². The summed E-state index contributed by atoms with van der Waals surface area (Å²) in [5.74, 6) is -0.126. The average Bonchev–Trinajstić information content (AvgIpc) is 2.96. The Kier molecular flexibility index (Phi) is 2.93. The van der Waals surface area contributed by atoms with Gasteiger partial charge < -0.3 is 9.80 Å². The molecule has 0 radical (unpaired) electrons. The zero-order valence-electron chi connectivity index (χ0n) is 11.2. The maximum Gasteiger partial charge on any atom is 0.228 e. The number of nitrogens with zero attached hydrogens (tertiary/aromatic N) is 5. The standard InChI is InChI=1S/C13H15N5O2/c1-16-6-10(2-12(16)19)13(20)17-7-11(8-17)18-5-9(3-14)4-15-18/h4-5,10-11H,2,6-8H2,1H3. The van der Waals surface area contributed by atoms with Crippen LogP contribution in [0.25, 0.3) is 0 Å². The number of hydrogen-bond donors (Lipinski definition) is 0. The second kappa shape index (κ2) is 4.63. The van der Waals surface area contributed by atoms with Gasteiger partial charge in [-0.15, -0.1) is 0 Å². The molecule has 2 amide bonds. The van der Waals surface area contributed by atoms with Crippen LogP contribution in [-0.2, 0) is 9.59 Å². The first-order valence-corrected chi connectivity index (χ1v) is 6.55. The van der Waals surface area contributed by atoms with E-state index in [9.17, 15) is 9.59 Å². The van der Waals surface area contributed by atoms with Crippen LogP contribution in [0.1, 0.15) is 18.0 Å². The lowest BCUT2D eigenvalue weighted by Crippen LogP contribution is -2.53. The summed E-state index contributed by atoms with van der Waals surface area (Å²) in [6, 6.07) is 2.17. The lowest BCUT2D eigenvalue weighted by atomic mass is 10.0. The Hall–Kier alpha value is -2.36. The molecule has 0 N–H and O–H groups in total. The highest BCUT2D eigenvalue weighted by atomic mass is 16.2. The monoisotopic (exact) mass is 273 g/mol. The minimum Gasteiger partial charge on any atom is -0.345 e. The number of rotatable bonds is 2. The number of carbonyl (C=O) groups is 2. The molecule has 0 spiro atoms. The fraction of sp³-hybridized carbons (Fsp3) is 0.538. The number of carbonyl (C=O) groups excluding carboxylic acids is 2. The first-order chi connectivity index (χ1) is 9.58. The first-order valence-electron chi connectivity index (χ1n) is 6.55. The van der Waals surface area contributed by atoms with E-state index < -0.39 is 0 Å². The van der Waals surface area contributed by atoms with Gasteiger partial charge in [0.15, 0.2) is 0 Å². The van der Waals surface area contributed by atoms with Crippen molar-refractivity contribution in [3.05, 3.63) is 18.0 Å². The predicted molar refractivity (Wildman–Crippen MR) is 68.3 cm³/mol. The Morgan fingerprint density at radius 3 is 2.75 bits per heavy atom. The Morgan fingerprint density at radius 2 is 2.20 bits per heavy atom. The van der Waals surface area contributed by atoms with Crippen molar-refractivity contribution in [2.24, 2.45) is 5.92 Å². The Balaban J connectivity index is 1.56. The Morgan fingerprint density at radius 1 is 1.45 bits per heavy atom. The van der Waals surface area contributed by atoms with Crippen LogP contribution in [0.15, 0.2) is 12.4 Å². The smallest absolute Gasteiger partial charge is 0.228 e. The van der Waals surface area contributed by atoms with E-state index in [4.69, 9.17) is 5.26 Å². The summed E-state index contributed by atoms with van der Waals surface area (Å²) < 4.78 is 1.73. The van der Waals surface area contributed by atoms with Crippen molar-refractivity contribution in [2.45, 2.75) is 12.5 Å². The van der Waals surface area contributed by atoms with Crippen LogP contribution in [0.4, 0.5) is 0 Å². The van der Waals surface area contributed by atoms with E-state index in [1.165, 1.54) is 6.20 Å². The van der Waals surface area contributed by atoms with Crippen molar-refractivity contribution >= 4 is 11.8 Å². The van der Waals surface area contributed by atoms with Crippen molar-refractivity contribution in [3.8, 4) is 6.07 Å². The summed E-state index contributed by atoms with van der Waals surface area (Å²) in [5, 5.41) is 12.9. The summed E-state index contributed by atoms with van der Waals surface area (Å²) in [7, 11) is 1.72. The third kappa shape index (κ3) is 2.03. The zero-order valence-corrected chi connectivity index (χ0v) is 11.2. The van der Waals surface area contributed by atoms with Gasteiger partial charge in [-0.25, -0.2) is 0 Å². The van der Waals surface area contributed by atoms with Gasteiger partial charge in [-0.05, 0) is 0 Å². The van der Waals surface area contributed by atoms with Crippen LogP contribution in [0.3, 0.4) is 0 Å². The van der Waals surface area contributed by atoms with Gasteiger partial charge in [0.2, 0.25) is 11.8 Å². The molecule has 1 atom stereocenters. The fourth-order valence-electron chi connectivity index (χ4n) is 2.69. The van der Waals surface area contributed by atoms with Gasteiger partial charge in [0.25, 0.3) is 0 Å². The second-order valence-electron chi connectivity index (χ2n) is 5.39. The van der Waals surface area contributed by atoms with Gasteiger partial charge in [0, 0.05) is 39.3 Å². The highest BCUT2D eigenvalue weighted by Gasteiger charge is 2.40. The van der Waals surface area contributed by atoms with E-state index in [1.807, 2.05) is 6.07 Å². The Bertz CT molecular complexity index is 596. The minimum atomic E-state index is -0.208. The number of aromatic nitrogens is 2. The van der Waals surface area contributed by atoms with Crippen LogP contribution in [0.2, 0.25) is 0 Å². The van der Waals surface area contributed by atoms with Crippen LogP contribution < -0.4 is 0 Å². The number of amides is 2. The predicted octanol–water partition coefficient (Wildman–Crippen LogP) is -0.384. The SMILES string of the molecule is CN1CC(C(=O)N2CC(n3cc(C#N)cn3)C2)CC1=O. The van der Waals surface area contributed by atoms with Gasteiger partial charge >= 0.3 is 0 Å². The van der Waals surface area contributed by atoms with Gasteiger partial charge in [0.1, 0.15) is 6.07 Å². The van der Waals surface area contributed by atoms with Crippen molar-refractivity contribution < 1.29 is 9.59 Å². The first kappa shape index (κ1) is 12.7. The highest BCUT2D eigenvalue weighted by molar-refractivity contribution is 5.89. The van der Waals surface area contributed by atoms with E-state index in [2.05, 4.69) is 5.10 Å². The normalized spacial score (nSPS) is 22.8. The molecule has 1 unspecified atom stereocenters. The maximum absolute atomic E-state index is 12.2. The van der Waals surface area contributed by atoms with Crippen LogP contribution in [-0.4, -0.2) is 58.1 Å². The molecule has 2 fully saturated rings. The van der Waals surface area contributed by atoms with Crippen molar-refractivity contribution in [1.82, 2.24) is 19.6 Å². The van der Waals surface area contributed by atoms with Gasteiger partial charge in [-0.1, -0.05) is 0 Å². The molecule has 0 aliphatic carbocycles. The topological polar surface area (TPSA) is 82.2 Å². The minimum absolute atomic E-state index is 0.0335. The zero-order chi connectivity index (χ0) is 14.3. The van der Waals surface area contributed by atoms with Gasteiger partial charge in [-0.2, -0.15) is 10.4 Å². The molecule has 2 aliphatic heterocycles. The third-order valence-corrected chi connectivity index (χ3v) is 3.97. The molecule has 0 saturated carbocycles. The van der Waals surface area contributed by atoms with E-state index in [-0.39, 0.29) is 23.8 Å². The third-order valence-electron chi connectivity index (χ3n) is 3.97. The molecule has 1 aromatic rings. The second-order valence-corrected chi connectivity index (χ2v) is 5.39. The summed E-state index contributed by atoms with van der Waals surface area (Å²) in [6.45, 7) is 1.71. The molecule has 0 bridgehead atoms. The molecule has 0 aromatic carbocycles. The summed E-state index contributed by atoms with van der Waals surface area (Å²) in [5.41, 5.74) is 0.526. The van der Waals surface area contributed by atoms with Crippen molar-refractivity contribution in [2.75, 3.05) is 26.7 Å². The van der Waals surface area contributed by atoms with Crippen LogP contribution >= 0.6 is 0 Å². The summed E-state index contributed by atoms with van der Waals surface area (Å²) in [6.07, 6.45) is 3.53. The van der Waals surface area contributed by atoms with Gasteiger partial charge in [0.05, 0.1) is 23.7 Å². The highest BCUT2D eigenvalue weighted by Crippen LogP contribution is 2.26. The quantitative estimate of drug-likeness (QED) is 0.735. The van der Waals surface area contributed by atoms with E-state index in [0.717, 1.165) is 0 Å². The largest absolute Gasteiger partial charge is 0.345 e. The molecule has 2 aliphatic rings. The molecule has 2 saturated heterocycles. The molecule has 104 valence electrons. The van der Waals surface area contributed by atoms with Crippen LogP contribution in [0, 0.1) is 17.2 Å². The summed E-state index contributed by atoms with van der Waals surface area (Å²) in [4.78, 5) is 27.0. The molecular formula is C13H15N5O2. The number of likely N-dealkylation sites (tertiary alicyclic amines) is 2. The molecule has 7 heteroatoms. The lowest BCUT2D eigenvalue weighted by Gasteiger charge is -2.40. The number of hydrogen-bond acceptors (Lipinski definition) is 4. The lowest BCUT2D eigenvalue weighted by molar-refractivity contribution is -0.141. The molecule has 3 rings (SSSR count). The van der Waals surface area contributed by atoms with E-state index in [1.54, 1.807) is 27.7 Å². The fourth-order valence-corrected chi connectivity index (χ4v) is 2.69. The molecule has 1 aromatic heterocycles. The number of nitriles is 1. The molecule has 3 heterocycles. The maximum atomic E-state index is 12.2. The van der Waals surface area contributed by atoms with Gasteiger partial charge in [-0.3, -0.25) is 14.3 Å². The molecule has 20 heavy (non-hydrogen) atoms.